The first-order chi connectivity index (χ1) is 22.0. The summed E-state index contributed by atoms with van der Waals surface area (Å²) in [5.41, 5.74) is 2.70. The number of sulfonamides is 1. The Labute approximate surface area is 277 Å². The SMILES string of the molecule is CC[C@@H](C)NC(=O)[C@@H](Cc1ccccc1)N(Cc1cccc(Cl)c1)C(=O)CN(c1cccc(OC)c1)S(=O)(=O)c1ccc(C)cc1. The molecule has 10 heteroatoms. The van der Waals surface area contributed by atoms with Crippen molar-refractivity contribution < 1.29 is 22.7 Å². The minimum absolute atomic E-state index is 0.0291. The van der Waals surface area contributed by atoms with Crippen LogP contribution in [0.25, 0.3) is 0 Å². The van der Waals surface area contributed by atoms with Gasteiger partial charge in [0.15, 0.2) is 0 Å². The predicted molar refractivity (Wildman–Crippen MR) is 183 cm³/mol. The Morgan fingerprint density at radius 3 is 2.22 bits per heavy atom. The normalized spacial score (nSPS) is 12.5. The van der Waals surface area contributed by atoms with Gasteiger partial charge in [0.25, 0.3) is 10.0 Å². The molecule has 4 rings (SSSR count). The average molecular weight is 662 g/mol. The molecule has 0 unspecified atom stereocenters. The van der Waals surface area contributed by atoms with Crippen molar-refractivity contribution in [1.29, 1.82) is 0 Å². The van der Waals surface area contributed by atoms with Crippen LogP contribution >= 0.6 is 11.6 Å². The van der Waals surface area contributed by atoms with Crippen molar-refractivity contribution in [3.8, 4) is 5.75 Å². The van der Waals surface area contributed by atoms with E-state index in [1.54, 1.807) is 54.6 Å². The number of nitrogens with zero attached hydrogens (tertiary/aromatic N) is 2. The Morgan fingerprint density at radius 2 is 1.57 bits per heavy atom. The minimum atomic E-state index is -4.22. The molecule has 46 heavy (non-hydrogen) atoms. The first kappa shape index (κ1) is 34.5. The summed E-state index contributed by atoms with van der Waals surface area (Å²) in [7, 11) is -2.74. The second-order valence-electron chi connectivity index (χ2n) is 11.2. The number of ether oxygens (including phenoxy) is 1. The first-order valence-electron chi connectivity index (χ1n) is 15.1. The smallest absolute Gasteiger partial charge is 0.264 e. The van der Waals surface area contributed by atoms with Gasteiger partial charge in [0.1, 0.15) is 18.3 Å². The number of methoxy groups -OCH3 is 1. The van der Waals surface area contributed by atoms with Crippen LogP contribution in [0, 0.1) is 6.92 Å². The van der Waals surface area contributed by atoms with Crippen LogP contribution in [0.5, 0.6) is 5.75 Å². The van der Waals surface area contributed by atoms with Gasteiger partial charge in [-0.05, 0) is 67.8 Å². The second-order valence-corrected chi connectivity index (χ2v) is 13.5. The topological polar surface area (TPSA) is 96.0 Å². The lowest BCUT2D eigenvalue weighted by atomic mass is 10.0. The van der Waals surface area contributed by atoms with Gasteiger partial charge >= 0.3 is 0 Å². The van der Waals surface area contributed by atoms with Gasteiger partial charge in [-0.2, -0.15) is 0 Å². The Hall–Kier alpha value is -4.34. The summed E-state index contributed by atoms with van der Waals surface area (Å²) in [5, 5.41) is 3.52. The predicted octanol–water partition coefficient (Wildman–Crippen LogP) is 6.41. The van der Waals surface area contributed by atoms with Crippen LogP contribution in [-0.4, -0.2) is 50.9 Å². The molecule has 0 saturated heterocycles. The summed E-state index contributed by atoms with van der Waals surface area (Å²) >= 11 is 6.32. The fourth-order valence-corrected chi connectivity index (χ4v) is 6.58. The van der Waals surface area contributed by atoms with Crippen LogP contribution < -0.4 is 14.4 Å². The monoisotopic (exact) mass is 661 g/mol. The van der Waals surface area contributed by atoms with E-state index in [9.17, 15) is 18.0 Å². The highest BCUT2D eigenvalue weighted by atomic mass is 35.5. The number of anilines is 1. The zero-order valence-corrected chi connectivity index (χ0v) is 28.1. The number of aryl methyl sites for hydroxylation is 1. The maximum absolute atomic E-state index is 14.6. The van der Waals surface area contributed by atoms with E-state index >= 15 is 0 Å². The van der Waals surface area contributed by atoms with Gasteiger partial charge < -0.3 is 15.0 Å². The van der Waals surface area contributed by atoms with Crippen molar-refractivity contribution >= 4 is 39.1 Å². The number of hydrogen-bond donors (Lipinski definition) is 1. The Balaban J connectivity index is 1.82. The second kappa shape index (κ2) is 15.8. The van der Waals surface area contributed by atoms with E-state index < -0.39 is 28.5 Å². The van der Waals surface area contributed by atoms with Crippen molar-refractivity contribution in [2.45, 2.75) is 57.1 Å². The quantitative estimate of drug-likeness (QED) is 0.169. The van der Waals surface area contributed by atoms with Crippen molar-refractivity contribution in [1.82, 2.24) is 10.2 Å². The number of halogens is 1. The van der Waals surface area contributed by atoms with Gasteiger partial charge in [-0.3, -0.25) is 13.9 Å². The van der Waals surface area contributed by atoms with E-state index in [0.717, 1.165) is 15.4 Å². The summed E-state index contributed by atoms with van der Waals surface area (Å²) in [6.45, 7) is 5.20. The van der Waals surface area contributed by atoms with E-state index in [1.807, 2.05) is 57.2 Å². The Kier molecular flexibility index (Phi) is 11.8. The molecule has 0 aliphatic carbocycles. The van der Waals surface area contributed by atoms with Gasteiger partial charge in [0, 0.05) is 30.1 Å². The number of carbonyl (C=O) groups excluding carboxylic acids is 2. The lowest BCUT2D eigenvalue weighted by Crippen LogP contribution is -2.54. The molecular weight excluding hydrogens is 622 g/mol. The molecule has 0 aromatic heterocycles. The third-order valence-corrected chi connectivity index (χ3v) is 9.77. The van der Waals surface area contributed by atoms with Crippen LogP contribution in [0.1, 0.15) is 37.0 Å². The molecule has 0 aliphatic rings. The number of carbonyl (C=O) groups is 2. The van der Waals surface area contributed by atoms with Crippen LogP contribution in [-0.2, 0) is 32.6 Å². The molecule has 0 fully saturated rings. The third-order valence-electron chi connectivity index (χ3n) is 7.74. The van der Waals surface area contributed by atoms with Crippen molar-refractivity contribution in [3.63, 3.8) is 0 Å². The molecule has 0 radical (unpaired) electrons. The van der Waals surface area contributed by atoms with Gasteiger partial charge in [0.2, 0.25) is 11.8 Å². The largest absolute Gasteiger partial charge is 0.497 e. The number of rotatable bonds is 14. The van der Waals surface area contributed by atoms with E-state index in [0.29, 0.717) is 22.8 Å². The lowest BCUT2D eigenvalue weighted by Gasteiger charge is -2.34. The molecule has 4 aromatic rings. The molecule has 0 aliphatic heterocycles. The molecule has 0 saturated carbocycles. The standard InChI is InChI=1S/C36H40ClN3O5S/c1-5-27(3)38-36(42)34(22-28-11-7-6-8-12-28)39(24-29-13-9-14-30(37)21-29)35(41)25-40(31-15-10-16-32(23-31)45-4)46(43,44)33-19-17-26(2)18-20-33/h6-21,23,27,34H,5,22,24-25H2,1-4H3,(H,38,42)/t27-,34-/m1/s1. The molecule has 1 N–H and O–H groups in total. The zero-order chi connectivity index (χ0) is 33.3. The summed E-state index contributed by atoms with van der Waals surface area (Å²) < 4.78 is 34.9. The molecule has 0 heterocycles. The van der Waals surface area contributed by atoms with Crippen LogP contribution in [0.15, 0.2) is 108 Å². The van der Waals surface area contributed by atoms with Crippen molar-refractivity contribution in [2.24, 2.45) is 0 Å². The highest BCUT2D eigenvalue weighted by Gasteiger charge is 2.35. The summed E-state index contributed by atoms with van der Waals surface area (Å²) in [5.74, 6) is -0.457. The summed E-state index contributed by atoms with van der Waals surface area (Å²) in [6.07, 6.45) is 0.920. The van der Waals surface area contributed by atoms with E-state index in [2.05, 4.69) is 5.32 Å². The zero-order valence-electron chi connectivity index (χ0n) is 26.5. The number of nitrogens with one attached hydrogen (secondary N) is 1. The molecule has 8 nitrogen and oxygen atoms in total. The molecule has 4 aromatic carbocycles. The minimum Gasteiger partial charge on any atom is -0.497 e. The molecule has 242 valence electrons. The molecule has 2 atom stereocenters. The fraction of sp³-hybridized carbons (Fsp3) is 0.278. The first-order valence-corrected chi connectivity index (χ1v) is 16.9. The van der Waals surface area contributed by atoms with Gasteiger partial charge in [-0.25, -0.2) is 8.42 Å². The highest BCUT2D eigenvalue weighted by molar-refractivity contribution is 7.92. The summed E-state index contributed by atoms with van der Waals surface area (Å²) in [6, 6.07) is 28.4. The van der Waals surface area contributed by atoms with Crippen molar-refractivity contribution in [3.05, 3.63) is 125 Å². The van der Waals surface area contributed by atoms with Crippen LogP contribution in [0.3, 0.4) is 0 Å². The number of hydrogen-bond acceptors (Lipinski definition) is 5. The van der Waals surface area contributed by atoms with E-state index in [1.165, 1.54) is 24.1 Å². The summed E-state index contributed by atoms with van der Waals surface area (Å²) in [4.78, 5) is 30.0. The van der Waals surface area contributed by atoms with Gasteiger partial charge in [0.05, 0.1) is 17.7 Å². The average Bonchev–Trinajstić information content (AvgIpc) is 3.05. The third kappa shape index (κ3) is 8.89. The Bertz CT molecular complexity index is 1730. The highest BCUT2D eigenvalue weighted by Crippen LogP contribution is 2.28. The van der Waals surface area contributed by atoms with Crippen LogP contribution in [0.4, 0.5) is 5.69 Å². The number of benzene rings is 4. The number of amides is 2. The fourth-order valence-electron chi connectivity index (χ4n) is 4.96. The Morgan fingerprint density at radius 1 is 0.891 bits per heavy atom. The molecule has 0 spiro atoms. The van der Waals surface area contributed by atoms with E-state index in [4.69, 9.17) is 16.3 Å². The lowest BCUT2D eigenvalue weighted by molar-refractivity contribution is -0.140. The van der Waals surface area contributed by atoms with Crippen molar-refractivity contribution in [2.75, 3.05) is 18.0 Å². The van der Waals surface area contributed by atoms with Gasteiger partial charge in [-0.15, -0.1) is 0 Å². The van der Waals surface area contributed by atoms with Crippen LogP contribution in [0.2, 0.25) is 5.02 Å². The maximum atomic E-state index is 14.6. The van der Waals surface area contributed by atoms with E-state index in [-0.39, 0.29) is 35.5 Å². The maximum Gasteiger partial charge on any atom is 0.264 e. The molecular formula is C36H40ClN3O5S. The molecule has 0 bridgehead atoms. The molecule has 2 amide bonds. The van der Waals surface area contributed by atoms with Gasteiger partial charge in [-0.1, -0.05) is 84.8 Å².